The summed E-state index contributed by atoms with van der Waals surface area (Å²) in [7, 11) is 0. The van der Waals surface area contributed by atoms with Gasteiger partial charge in [0, 0.05) is 6.42 Å². The van der Waals surface area contributed by atoms with Crippen molar-refractivity contribution in [2.75, 3.05) is 0 Å². The van der Waals surface area contributed by atoms with Crippen LogP contribution in [0.4, 0.5) is 0 Å². The molecular formula is C11H14O3. The van der Waals surface area contributed by atoms with Gasteiger partial charge in [0.15, 0.2) is 5.78 Å². The van der Waals surface area contributed by atoms with Gasteiger partial charge in [-0.1, -0.05) is 13.8 Å². The molecule has 14 heavy (non-hydrogen) atoms. The van der Waals surface area contributed by atoms with Crippen molar-refractivity contribution in [3.63, 3.8) is 0 Å². The SMILES string of the molecule is CC(C)CCC(=O)c1cccoc1=O. The predicted molar refractivity (Wildman–Crippen MR) is 53.4 cm³/mol. The van der Waals surface area contributed by atoms with E-state index in [-0.39, 0.29) is 11.3 Å². The molecule has 3 heteroatoms. The second-order valence-corrected chi connectivity index (χ2v) is 3.67. The molecule has 0 atom stereocenters. The van der Waals surface area contributed by atoms with E-state index in [0.717, 1.165) is 6.42 Å². The predicted octanol–water partition coefficient (Wildman–Crippen LogP) is 2.26. The molecule has 3 nitrogen and oxygen atoms in total. The molecule has 1 heterocycles. The van der Waals surface area contributed by atoms with Gasteiger partial charge in [0.05, 0.1) is 6.26 Å². The van der Waals surface area contributed by atoms with Gasteiger partial charge in [-0.15, -0.1) is 0 Å². The molecule has 0 unspecified atom stereocenters. The smallest absolute Gasteiger partial charge is 0.346 e. The summed E-state index contributed by atoms with van der Waals surface area (Å²) in [6.07, 6.45) is 2.49. The number of carbonyl (C=O) groups is 1. The Hall–Kier alpha value is -1.38. The maximum absolute atomic E-state index is 11.5. The summed E-state index contributed by atoms with van der Waals surface area (Å²) in [5, 5.41) is 0. The second kappa shape index (κ2) is 4.74. The van der Waals surface area contributed by atoms with E-state index >= 15 is 0 Å². The van der Waals surface area contributed by atoms with Crippen LogP contribution in [-0.4, -0.2) is 5.78 Å². The maximum atomic E-state index is 11.5. The van der Waals surface area contributed by atoms with Crippen LogP contribution in [0.15, 0.2) is 27.6 Å². The van der Waals surface area contributed by atoms with E-state index in [1.165, 1.54) is 12.3 Å². The fourth-order valence-corrected chi connectivity index (χ4v) is 1.13. The fourth-order valence-electron chi connectivity index (χ4n) is 1.13. The van der Waals surface area contributed by atoms with Gasteiger partial charge in [0.2, 0.25) is 0 Å². The third kappa shape index (κ3) is 2.83. The first-order chi connectivity index (χ1) is 6.61. The molecule has 1 aromatic heterocycles. The number of hydrogen-bond donors (Lipinski definition) is 0. The topological polar surface area (TPSA) is 47.3 Å². The molecule has 0 aliphatic carbocycles. The molecule has 0 N–H and O–H groups in total. The van der Waals surface area contributed by atoms with Gasteiger partial charge in [-0.25, -0.2) is 4.79 Å². The van der Waals surface area contributed by atoms with Gasteiger partial charge in [-0.2, -0.15) is 0 Å². The molecule has 1 rings (SSSR count). The summed E-state index contributed by atoms with van der Waals surface area (Å²) >= 11 is 0. The Morgan fingerprint density at radius 3 is 2.79 bits per heavy atom. The molecule has 0 aliphatic rings. The molecule has 1 aromatic rings. The summed E-state index contributed by atoms with van der Waals surface area (Å²) < 4.78 is 4.61. The van der Waals surface area contributed by atoms with Crippen molar-refractivity contribution in [2.24, 2.45) is 5.92 Å². The molecule has 0 bridgehead atoms. The quantitative estimate of drug-likeness (QED) is 0.691. The average Bonchev–Trinajstić information content (AvgIpc) is 2.15. The van der Waals surface area contributed by atoms with Crippen LogP contribution in [0.25, 0.3) is 0 Å². The summed E-state index contributed by atoms with van der Waals surface area (Å²) in [5.74, 6) is 0.336. The van der Waals surface area contributed by atoms with Crippen LogP contribution in [0.5, 0.6) is 0 Å². The normalized spacial score (nSPS) is 10.5. The van der Waals surface area contributed by atoms with Crippen LogP contribution in [-0.2, 0) is 0 Å². The Morgan fingerprint density at radius 2 is 2.21 bits per heavy atom. The Bertz CT molecular complexity index is 363. The maximum Gasteiger partial charge on any atom is 0.346 e. The van der Waals surface area contributed by atoms with Gasteiger partial charge in [-0.05, 0) is 24.5 Å². The Morgan fingerprint density at radius 1 is 1.50 bits per heavy atom. The van der Waals surface area contributed by atoms with Gasteiger partial charge in [0.1, 0.15) is 5.56 Å². The number of hydrogen-bond acceptors (Lipinski definition) is 3. The van der Waals surface area contributed by atoms with E-state index in [1.807, 2.05) is 13.8 Å². The van der Waals surface area contributed by atoms with E-state index in [2.05, 4.69) is 4.42 Å². The number of carbonyl (C=O) groups excluding carboxylic acids is 1. The third-order valence-corrected chi connectivity index (χ3v) is 1.99. The number of Topliss-reactive ketones (excluding diaryl/α,β-unsaturated/α-hetero) is 1. The monoisotopic (exact) mass is 194 g/mol. The van der Waals surface area contributed by atoms with E-state index < -0.39 is 5.63 Å². The lowest BCUT2D eigenvalue weighted by atomic mass is 10.0. The highest BCUT2D eigenvalue weighted by atomic mass is 16.4. The molecule has 0 radical (unpaired) electrons. The molecule has 0 aliphatic heterocycles. The van der Waals surface area contributed by atoms with Crippen LogP contribution in [0.2, 0.25) is 0 Å². The molecule has 0 aromatic carbocycles. The van der Waals surface area contributed by atoms with Crippen molar-refractivity contribution in [1.82, 2.24) is 0 Å². The highest BCUT2D eigenvalue weighted by Gasteiger charge is 2.11. The van der Waals surface area contributed by atoms with Crippen molar-refractivity contribution in [1.29, 1.82) is 0 Å². The largest absolute Gasteiger partial charge is 0.431 e. The standard InChI is InChI=1S/C11H14O3/c1-8(2)5-6-10(12)9-4-3-7-14-11(9)13/h3-4,7-8H,5-6H2,1-2H3. The summed E-state index contributed by atoms with van der Waals surface area (Å²) in [6, 6.07) is 3.07. The van der Waals surface area contributed by atoms with Gasteiger partial charge in [-0.3, -0.25) is 4.79 Å². The fraction of sp³-hybridized carbons (Fsp3) is 0.455. The van der Waals surface area contributed by atoms with Crippen LogP contribution in [0.3, 0.4) is 0 Å². The van der Waals surface area contributed by atoms with Crippen molar-refractivity contribution < 1.29 is 9.21 Å². The summed E-state index contributed by atoms with van der Waals surface area (Å²) in [4.78, 5) is 22.6. The molecule has 0 saturated heterocycles. The Labute approximate surface area is 82.7 Å². The molecule has 0 fully saturated rings. The summed E-state index contributed by atoms with van der Waals surface area (Å²) in [5.41, 5.74) is -0.380. The number of ketones is 1. The van der Waals surface area contributed by atoms with E-state index in [4.69, 9.17) is 0 Å². The zero-order chi connectivity index (χ0) is 10.6. The third-order valence-electron chi connectivity index (χ3n) is 1.99. The van der Waals surface area contributed by atoms with Crippen molar-refractivity contribution >= 4 is 5.78 Å². The van der Waals surface area contributed by atoms with Crippen LogP contribution in [0.1, 0.15) is 37.0 Å². The molecule has 0 spiro atoms. The lowest BCUT2D eigenvalue weighted by Gasteiger charge is -2.02. The highest BCUT2D eigenvalue weighted by molar-refractivity contribution is 5.95. The Balaban J connectivity index is 2.71. The lowest BCUT2D eigenvalue weighted by Crippen LogP contribution is -2.13. The van der Waals surface area contributed by atoms with Crippen LogP contribution in [0, 0.1) is 5.92 Å². The molecular weight excluding hydrogens is 180 g/mol. The van der Waals surface area contributed by atoms with Crippen molar-refractivity contribution in [3.05, 3.63) is 34.4 Å². The van der Waals surface area contributed by atoms with Crippen molar-refractivity contribution in [3.8, 4) is 0 Å². The summed E-state index contributed by atoms with van der Waals surface area (Å²) in [6.45, 7) is 4.08. The average molecular weight is 194 g/mol. The molecule has 0 saturated carbocycles. The minimum atomic E-state index is -0.541. The lowest BCUT2D eigenvalue weighted by molar-refractivity contribution is 0.0971. The Kier molecular flexibility index (Phi) is 3.63. The minimum absolute atomic E-state index is 0.131. The van der Waals surface area contributed by atoms with Crippen LogP contribution < -0.4 is 5.63 Å². The van der Waals surface area contributed by atoms with E-state index in [0.29, 0.717) is 12.3 Å². The zero-order valence-corrected chi connectivity index (χ0v) is 8.45. The second-order valence-electron chi connectivity index (χ2n) is 3.67. The minimum Gasteiger partial charge on any atom is -0.431 e. The number of rotatable bonds is 4. The van der Waals surface area contributed by atoms with Gasteiger partial charge < -0.3 is 4.42 Å². The van der Waals surface area contributed by atoms with E-state index in [1.54, 1.807) is 6.07 Å². The first kappa shape index (κ1) is 10.7. The zero-order valence-electron chi connectivity index (χ0n) is 8.45. The van der Waals surface area contributed by atoms with Crippen molar-refractivity contribution in [2.45, 2.75) is 26.7 Å². The van der Waals surface area contributed by atoms with Crippen LogP contribution >= 0.6 is 0 Å². The highest BCUT2D eigenvalue weighted by Crippen LogP contribution is 2.07. The van der Waals surface area contributed by atoms with Gasteiger partial charge in [0.25, 0.3) is 0 Å². The van der Waals surface area contributed by atoms with E-state index in [9.17, 15) is 9.59 Å². The molecule has 0 amide bonds. The first-order valence-electron chi connectivity index (χ1n) is 4.72. The van der Waals surface area contributed by atoms with Gasteiger partial charge >= 0.3 is 5.63 Å². The first-order valence-corrected chi connectivity index (χ1v) is 4.72. The molecule has 76 valence electrons.